The summed E-state index contributed by atoms with van der Waals surface area (Å²) in [5.74, 6) is -0.349. The summed E-state index contributed by atoms with van der Waals surface area (Å²) in [5.41, 5.74) is 3.38. The normalized spacial score (nSPS) is 12.3. The fraction of sp³-hybridized carbons (Fsp3) is 0.250. The van der Waals surface area contributed by atoms with Crippen molar-refractivity contribution in [3.05, 3.63) is 136 Å². The number of nitrogens with one attached hydrogen (secondary N) is 2. The van der Waals surface area contributed by atoms with Gasteiger partial charge in [-0.25, -0.2) is 9.37 Å². The van der Waals surface area contributed by atoms with E-state index in [2.05, 4.69) is 58.6 Å². The summed E-state index contributed by atoms with van der Waals surface area (Å²) in [4.78, 5) is 30.4. The van der Waals surface area contributed by atoms with Crippen LogP contribution in [0.5, 0.6) is 0 Å². The highest BCUT2D eigenvalue weighted by Gasteiger charge is 2.24. The Kier molecular flexibility index (Phi) is 10.9. The minimum absolute atomic E-state index is 0.0249. The highest BCUT2D eigenvalue weighted by atomic mass is 32.1. The van der Waals surface area contributed by atoms with Gasteiger partial charge in [0.05, 0.1) is 17.7 Å². The molecule has 1 aromatic heterocycles. The van der Waals surface area contributed by atoms with Crippen molar-refractivity contribution in [1.29, 1.82) is 0 Å². The number of nitrogens with zero attached hydrogens (tertiary/aromatic N) is 4. The Hall–Kier alpha value is -5.16. The molecule has 5 aromatic rings. The maximum atomic E-state index is 13.6. The third-order valence-corrected chi connectivity index (χ3v) is 8.72. The highest BCUT2D eigenvalue weighted by Crippen LogP contribution is 2.22. The molecule has 2 atom stereocenters. The van der Waals surface area contributed by atoms with E-state index < -0.39 is 4.92 Å². The van der Waals surface area contributed by atoms with E-state index in [0.29, 0.717) is 30.4 Å². The number of carbonyl (C=O) groups excluding carboxylic acids is 1. The lowest BCUT2D eigenvalue weighted by Crippen LogP contribution is -2.50. The van der Waals surface area contributed by atoms with Gasteiger partial charge in [0, 0.05) is 55.4 Å². The lowest BCUT2D eigenvalue weighted by atomic mass is 9.97. The second-order valence-electron chi connectivity index (χ2n) is 11.6. The number of thiocarbonyl (C=S) groups is 1. The van der Waals surface area contributed by atoms with Gasteiger partial charge in [-0.2, -0.15) is 0 Å². The molecule has 0 radical (unpaired) electrons. The van der Waals surface area contributed by atoms with E-state index in [-0.39, 0.29) is 35.8 Å². The number of nitro benzene ring substituents is 1. The zero-order chi connectivity index (χ0) is 33.3. The van der Waals surface area contributed by atoms with E-state index in [1.807, 2.05) is 22.8 Å². The Morgan fingerprint density at radius 1 is 1.04 bits per heavy atom. The van der Waals surface area contributed by atoms with Crippen molar-refractivity contribution in [2.24, 2.45) is 5.92 Å². The van der Waals surface area contributed by atoms with Crippen LogP contribution in [-0.4, -0.2) is 43.0 Å². The molecule has 5 rings (SSSR count). The first-order chi connectivity index (χ1) is 22.7. The fourth-order valence-electron chi connectivity index (χ4n) is 5.46. The molecule has 4 aromatic carbocycles. The number of rotatable bonds is 13. The summed E-state index contributed by atoms with van der Waals surface area (Å²) in [6.07, 6.45) is 4.27. The molecule has 11 heteroatoms. The smallest absolute Gasteiger partial charge is 0.269 e. The van der Waals surface area contributed by atoms with Crippen LogP contribution >= 0.6 is 12.2 Å². The molecule has 0 saturated carbocycles. The molecule has 1 amide bonds. The largest absolute Gasteiger partial charge is 0.351 e. The number of aromatic nitrogens is 2. The molecule has 0 spiro atoms. The highest BCUT2D eigenvalue weighted by molar-refractivity contribution is 7.80. The van der Waals surface area contributed by atoms with E-state index in [1.165, 1.54) is 24.3 Å². The van der Waals surface area contributed by atoms with Gasteiger partial charge < -0.3 is 20.1 Å². The van der Waals surface area contributed by atoms with E-state index in [9.17, 15) is 19.3 Å². The number of non-ortho nitro benzene ring substituents is 1. The molecular formula is C36H37FN6O3S. The zero-order valence-electron chi connectivity index (χ0n) is 26.3. The van der Waals surface area contributed by atoms with Gasteiger partial charge in [0.25, 0.3) is 5.69 Å². The quantitative estimate of drug-likeness (QED) is 0.0794. The molecule has 0 aliphatic rings. The number of halogens is 1. The first kappa shape index (κ1) is 33.2. The topological polar surface area (TPSA) is 105 Å². The molecule has 0 saturated heterocycles. The second-order valence-corrected chi connectivity index (χ2v) is 12.0. The lowest BCUT2D eigenvalue weighted by Gasteiger charge is -2.33. The van der Waals surface area contributed by atoms with Gasteiger partial charge in [-0.05, 0) is 64.3 Å². The molecule has 242 valence electrons. The van der Waals surface area contributed by atoms with Crippen molar-refractivity contribution >= 4 is 45.4 Å². The number of carbonyl (C=O) groups is 1. The van der Waals surface area contributed by atoms with Crippen molar-refractivity contribution in [2.45, 2.75) is 45.8 Å². The standard InChI is InChI=1S/C36H37FN6O3S/c1-3-25(2)34(40-35(44)19-32-20-38-24-42(32)21-26-11-17-31(18-12-26)43(45)46)23-41(36(47)39-30-15-13-29(37)14-16-30)22-28-9-6-8-27-7-4-5-10-33(27)28/h4-18,20,24-25,34H,3,19,21-23H2,1-2H3,(H,39,47)(H,40,44)/t25-,34+/m0/s1. The Bertz CT molecular complexity index is 1840. The molecule has 0 aliphatic heterocycles. The van der Waals surface area contributed by atoms with E-state index in [1.54, 1.807) is 36.8 Å². The maximum Gasteiger partial charge on any atom is 0.269 e. The Labute approximate surface area is 278 Å². The van der Waals surface area contributed by atoms with Crippen LogP contribution in [0.15, 0.2) is 104 Å². The van der Waals surface area contributed by atoms with Gasteiger partial charge >= 0.3 is 0 Å². The Balaban J connectivity index is 1.34. The van der Waals surface area contributed by atoms with Gasteiger partial charge in [0.2, 0.25) is 5.91 Å². The predicted octanol–water partition coefficient (Wildman–Crippen LogP) is 7.10. The van der Waals surface area contributed by atoms with Crippen LogP contribution in [0, 0.1) is 21.8 Å². The average Bonchev–Trinajstić information content (AvgIpc) is 3.50. The third kappa shape index (κ3) is 8.76. The van der Waals surface area contributed by atoms with Gasteiger partial charge in [-0.15, -0.1) is 0 Å². The molecule has 0 unspecified atom stereocenters. The zero-order valence-corrected chi connectivity index (χ0v) is 27.1. The molecule has 47 heavy (non-hydrogen) atoms. The molecule has 0 aliphatic carbocycles. The summed E-state index contributed by atoms with van der Waals surface area (Å²) in [7, 11) is 0. The Morgan fingerprint density at radius 2 is 1.77 bits per heavy atom. The van der Waals surface area contributed by atoms with E-state index in [4.69, 9.17) is 12.2 Å². The van der Waals surface area contributed by atoms with Gasteiger partial charge in [0.15, 0.2) is 5.11 Å². The number of imidazole rings is 1. The van der Waals surface area contributed by atoms with Gasteiger partial charge in [-0.1, -0.05) is 74.9 Å². The van der Waals surface area contributed by atoms with Crippen LogP contribution in [0.4, 0.5) is 15.8 Å². The maximum absolute atomic E-state index is 13.6. The fourth-order valence-corrected chi connectivity index (χ4v) is 5.72. The lowest BCUT2D eigenvalue weighted by molar-refractivity contribution is -0.384. The minimum atomic E-state index is -0.431. The molecule has 1 heterocycles. The molecule has 9 nitrogen and oxygen atoms in total. The number of hydrogen-bond donors (Lipinski definition) is 2. The van der Waals surface area contributed by atoms with Crippen LogP contribution in [0.2, 0.25) is 0 Å². The number of anilines is 1. The average molecular weight is 653 g/mol. The van der Waals surface area contributed by atoms with Crippen molar-refractivity contribution in [2.75, 3.05) is 11.9 Å². The SMILES string of the molecule is CC[C@H](C)[C@@H](CN(Cc1cccc2ccccc12)C(=S)Nc1ccc(F)cc1)NC(=O)Cc1cncn1Cc1ccc([N+](=O)[O-])cc1. The third-order valence-electron chi connectivity index (χ3n) is 8.36. The van der Waals surface area contributed by atoms with Crippen LogP contribution in [-0.2, 0) is 24.3 Å². The second kappa shape index (κ2) is 15.4. The van der Waals surface area contributed by atoms with Crippen molar-refractivity contribution in [3.63, 3.8) is 0 Å². The number of fused-ring (bicyclic) bond motifs is 1. The van der Waals surface area contributed by atoms with Crippen molar-refractivity contribution in [1.82, 2.24) is 19.8 Å². The van der Waals surface area contributed by atoms with Gasteiger partial charge in [0.1, 0.15) is 5.82 Å². The van der Waals surface area contributed by atoms with E-state index >= 15 is 0 Å². The summed E-state index contributed by atoms with van der Waals surface area (Å²) in [6.45, 7) is 5.57. The Morgan fingerprint density at radius 3 is 2.49 bits per heavy atom. The molecular weight excluding hydrogens is 616 g/mol. The summed E-state index contributed by atoms with van der Waals surface area (Å²) >= 11 is 5.92. The number of benzene rings is 4. The number of nitro groups is 1. The van der Waals surface area contributed by atoms with Crippen molar-refractivity contribution in [3.8, 4) is 0 Å². The van der Waals surface area contributed by atoms with Crippen LogP contribution in [0.3, 0.4) is 0 Å². The summed E-state index contributed by atoms with van der Waals surface area (Å²) < 4.78 is 15.5. The molecule has 2 N–H and O–H groups in total. The van der Waals surface area contributed by atoms with Crippen molar-refractivity contribution < 1.29 is 14.1 Å². The summed E-state index contributed by atoms with van der Waals surface area (Å²) in [5, 5.41) is 20.3. The first-order valence-electron chi connectivity index (χ1n) is 15.5. The number of hydrogen-bond acceptors (Lipinski definition) is 5. The van der Waals surface area contributed by atoms with Crippen LogP contribution in [0.25, 0.3) is 10.8 Å². The first-order valence-corrected chi connectivity index (χ1v) is 15.9. The van der Waals surface area contributed by atoms with Crippen LogP contribution in [0.1, 0.15) is 37.1 Å². The van der Waals surface area contributed by atoms with E-state index in [0.717, 1.165) is 34.0 Å². The van der Waals surface area contributed by atoms with Crippen LogP contribution < -0.4 is 10.6 Å². The predicted molar refractivity (Wildman–Crippen MR) is 186 cm³/mol. The molecule has 0 bridgehead atoms. The molecule has 0 fully saturated rings. The monoisotopic (exact) mass is 652 g/mol. The van der Waals surface area contributed by atoms with Gasteiger partial charge in [-0.3, -0.25) is 14.9 Å². The number of amides is 1. The summed E-state index contributed by atoms with van der Waals surface area (Å²) in [6, 6.07) is 26.5. The minimum Gasteiger partial charge on any atom is -0.351 e.